The van der Waals surface area contributed by atoms with E-state index < -0.39 is 0 Å². The second-order valence-corrected chi connectivity index (χ2v) is 4.70. The lowest BCUT2D eigenvalue weighted by Gasteiger charge is -2.04. The van der Waals surface area contributed by atoms with Crippen molar-refractivity contribution in [2.75, 3.05) is 5.73 Å². The molecule has 0 aliphatic heterocycles. The molecule has 76 valence electrons. The van der Waals surface area contributed by atoms with Crippen molar-refractivity contribution in [3.8, 4) is 0 Å². The quantitative estimate of drug-likeness (QED) is 0.679. The molecule has 5 heteroatoms. The Morgan fingerprint density at radius 3 is 2.80 bits per heavy atom. The molecule has 2 aromatic rings. The maximum Gasteiger partial charge on any atom is 0.118 e. The van der Waals surface area contributed by atoms with Crippen LogP contribution in [0.4, 0.5) is 5.69 Å². The molecule has 0 fully saturated rings. The van der Waals surface area contributed by atoms with Gasteiger partial charge in [-0.05, 0) is 28.1 Å². The Kier molecular flexibility index (Phi) is 3.23. The van der Waals surface area contributed by atoms with E-state index in [1.165, 1.54) is 18.1 Å². The highest BCUT2D eigenvalue weighted by molar-refractivity contribution is 9.10. The van der Waals surface area contributed by atoms with Crippen LogP contribution in [-0.2, 0) is 0 Å². The van der Waals surface area contributed by atoms with Crippen LogP contribution < -0.4 is 5.73 Å². The number of hydrogen-bond donors (Lipinski definition) is 1. The summed E-state index contributed by atoms with van der Waals surface area (Å²) in [6, 6.07) is 7.70. The molecule has 0 atom stereocenters. The number of benzene rings is 1. The Bertz CT molecular complexity index is 432. The summed E-state index contributed by atoms with van der Waals surface area (Å²) in [5.74, 6) is 0. The van der Waals surface area contributed by atoms with Gasteiger partial charge >= 0.3 is 0 Å². The van der Waals surface area contributed by atoms with E-state index in [0.717, 1.165) is 20.1 Å². The van der Waals surface area contributed by atoms with Crippen LogP contribution in [0, 0.1) is 0 Å². The van der Waals surface area contributed by atoms with E-state index in [2.05, 4.69) is 25.9 Å². The van der Waals surface area contributed by atoms with E-state index in [-0.39, 0.29) is 0 Å². The maximum atomic E-state index is 5.84. The summed E-state index contributed by atoms with van der Waals surface area (Å²) in [4.78, 5) is 9.07. The third-order valence-corrected chi connectivity index (χ3v) is 3.71. The highest BCUT2D eigenvalue weighted by Gasteiger charge is 2.05. The SMILES string of the molecule is Nc1ccccc1Sc1ncncc1Br. The van der Waals surface area contributed by atoms with Gasteiger partial charge in [0.15, 0.2) is 0 Å². The van der Waals surface area contributed by atoms with Crippen LogP contribution >= 0.6 is 27.7 Å². The fourth-order valence-corrected chi connectivity index (χ4v) is 2.31. The Morgan fingerprint density at radius 2 is 2.07 bits per heavy atom. The van der Waals surface area contributed by atoms with Crippen molar-refractivity contribution >= 4 is 33.4 Å². The van der Waals surface area contributed by atoms with Crippen LogP contribution in [0.5, 0.6) is 0 Å². The zero-order valence-corrected chi connectivity index (χ0v) is 10.1. The van der Waals surface area contributed by atoms with Gasteiger partial charge in [-0.15, -0.1) is 0 Å². The van der Waals surface area contributed by atoms with Gasteiger partial charge < -0.3 is 5.73 Å². The molecule has 1 aromatic carbocycles. The predicted octanol–water partition coefficient (Wildman–Crippen LogP) is 2.97. The van der Waals surface area contributed by atoms with Crippen LogP contribution in [0.1, 0.15) is 0 Å². The number of halogens is 1. The molecule has 1 aromatic heterocycles. The fraction of sp³-hybridized carbons (Fsp3) is 0. The molecule has 0 spiro atoms. The van der Waals surface area contributed by atoms with E-state index in [4.69, 9.17) is 5.73 Å². The average Bonchev–Trinajstić information content (AvgIpc) is 2.24. The highest BCUT2D eigenvalue weighted by Crippen LogP contribution is 2.33. The van der Waals surface area contributed by atoms with Gasteiger partial charge in [-0.1, -0.05) is 23.9 Å². The van der Waals surface area contributed by atoms with Gasteiger partial charge in [-0.25, -0.2) is 9.97 Å². The Hall–Kier alpha value is -1.07. The van der Waals surface area contributed by atoms with Crippen molar-refractivity contribution in [1.82, 2.24) is 9.97 Å². The van der Waals surface area contributed by atoms with Crippen molar-refractivity contribution in [2.24, 2.45) is 0 Å². The molecule has 0 bridgehead atoms. The Labute approximate surface area is 100 Å². The van der Waals surface area contributed by atoms with Gasteiger partial charge in [0.25, 0.3) is 0 Å². The number of anilines is 1. The van der Waals surface area contributed by atoms with E-state index in [1.807, 2.05) is 24.3 Å². The third-order valence-electron chi connectivity index (χ3n) is 1.76. The molecular weight excluding hydrogens is 274 g/mol. The molecule has 0 radical (unpaired) electrons. The highest BCUT2D eigenvalue weighted by atomic mass is 79.9. The van der Waals surface area contributed by atoms with Crippen LogP contribution in [0.25, 0.3) is 0 Å². The smallest absolute Gasteiger partial charge is 0.118 e. The fourth-order valence-electron chi connectivity index (χ4n) is 1.05. The summed E-state index contributed by atoms with van der Waals surface area (Å²) < 4.78 is 0.873. The summed E-state index contributed by atoms with van der Waals surface area (Å²) in [6.07, 6.45) is 3.24. The first kappa shape index (κ1) is 10.4. The number of aromatic nitrogens is 2. The third kappa shape index (κ3) is 2.49. The number of nitrogen functional groups attached to an aromatic ring is 1. The lowest BCUT2D eigenvalue weighted by molar-refractivity contribution is 1.03. The number of nitrogens with two attached hydrogens (primary N) is 1. The summed E-state index contributed by atoms with van der Waals surface area (Å²) in [6.45, 7) is 0. The zero-order valence-electron chi connectivity index (χ0n) is 7.72. The standard InChI is InChI=1S/C10H8BrN3S/c11-7-5-13-6-14-10(7)15-9-4-2-1-3-8(9)12/h1-6H,12H2. The molecule has 1 heterocycles. The normalized spacial score (nSPS) is 10.2. The van der Waals surface area contributed by atoms with Crippen LogP contribution in [0.15, 0.2) is 51.2 Å². The largest absolute Gasteiger partial charge is 0.398 e. The maximum absolute atomic E-state index is 5.84. The number of para-hydroxylation sites is 1. The molecule has 2 N–H and O–H groups in total. The summed E-state index contributed by atoms with van der Waals surface area (Å²) in [5.41, 5.74) is 6.60. The first-order chi connectivity index (χ1) is 7.27. The number of nitrogens with zero attached hydrogens (tertiary/aromatic N) is 2. The van der Waals surface area contributed by atoms with E-state index in [0.29, 0.717) is 0 Å². The monoisotopic (exact) mass is 281 g/mol. The van der Waals surface area contributed by atoms with Gasteiger partial charge in [0.1, 0.15) is 11.4 Å². The van der Waals surface area contributed by atoms with Gasteiger partial charge in [0.05, 0.1) is 4.47 Å². The van der Waals surface area contributed by atoms with Gasteiger partial charge in [-0.3, -0.25) is 0 Å². The van der Waals surface area contributed by atoms with E-state index >= 15 is 0 Å². The van der Waals surface area contributed by atoms with Gasteiger partial charge in [0, 0.05) is 16.8 Å². The van der Waals surface area contributed by atoms with Crippen molar-refractivity contribution in [3.05, 3.63) is 41.3 Å². The van der Waals surface area contributed by atoms with Gasteiger partial charge in [-0.2, -0.15) is 0 Å². The Morgan fingerprint density at radius 1 is 1.27 bits per heavy atom. The molecule has 0 unspecified atom stereocenters. The van der Waals surface area contributed by atoms with Crippen LogP contribution in [-0.4, -0.2) is 9.97 Å². The topological polar surface area (TPSA) is 51.8 Å². The van der Waals surface area contributed by atoms with Crippen molar-refractivity contribution in [1.29, 1.82) is 0 Å². The first-order valence-corrected chi connectivity index (χ1v) is 5.86. The molecule has 0 saturated heterocycles. The molecule has 2 rings (SSSR count). The Balaban J connectivity index is 2.30. The molecule has 0 aliphatic carbocycles. The molecule has 3 nitrogen and oxygen atoms in total. The first-order valence-electron chi connectivity index (χ1n) is 4.25. The van der Waals surface area contributed by atoms with Crippen molar-refractivity contribution in [2.45, 2.75) is 9.92 Å². The molecule has 0 amide bonds. The summed E-state index contributed by atoms with van der Waals surface area (Å²) in [7, 11) is 0. The average molecular weight is 282 g/mol. The van der Waals surface area contributed by atoms with Crippen molar-refractivity contribution in [3.63, 3.8) is 0 Å². The lowest BCUT2D eigenvalue weighted by Crippen LogP contribution is -1.89. The summed E-state index contributed by atoms with van der Waals surface area (Å²) in [5, 5.41) is 0.864. The zero-order chi connectivity index (χ0) is 10.7. The number of hydrogen-bond acceptors (Lipinski definition) is 4. The second-order valence-electron chi connectivity index (χ2n) is 2.82. The van der Waals surface area contributed by atoms with E-state index in [1.54, 1.807) is 6.20 Å². The number of rotatable bonds is 2. The molecule has 15 heavy (non-hydrogen) atoms. The van der Waals surface area contributed by atoms with Crippen molar-refractivity contribution < 1.29 is 0 Å². The molecule has 0 saturated carbocycles. The molecule has 0 aliphatic rings. The van der Waals surface area contributed by atoms with Crippen LogP contribution in [0.3, 0.4) is 0 Å². The second kappa shape index (κ2) is 4.63. The molecular formula is C10H8BrN3S. The minimum atomic E-state index is 0.757. The predicted molar refractivity (Wildman–Crippen MR) is 64.7 cm³/mol. The van der Waals surface area contributed by atoms with Gasteiger partial charge in [0.2, 0.25) is 0 Å². The lowest BCUT2D eigenvalue weighted by atomic mass is 10.3. The minimum Gasteiger partial charge on any atom is -0.398 e. The summed E-state index contributed by atoms with van der Waals surface area (Å²) >= 11 is 4.91. The van der Waals surface area contributed by atoms with E-state index in [9.17, 15) is 0 Å². The minimum absolute atomic E-state index is 0.757. The van der Waals surface area contributed by atoms with Crippen LogP contribution in [0.2, 0.25) is 0 Å².